The number of nitrogens with zero attached hydrogens (tertiary/aromatic N) is 1. The molecular weight excluding hydrogens is 218 g/mol. The summed E-state index contributed by atoms with van der Waals surface area (Å²) in [6, 6.07) is 0.641. The zero-order valence-electron chi connectivity index (χ0n) is 11.8. The molecule has 0 heterocycles. The Balaban J connectivity index is 4.00. The number of hydrogen-bond acceptors (Lipinski definition) is 3. The topological polar surface area (TPSA) is 23.5 Å². The SMILES string of the molecule is CCC(CSC)N(C)CCC(O)C(C)(C)C. The summed E-state index contributed by atoms with van der Waals surface area (Å²) in [4.78, 5) is 2.38. The maximum absolute atomic E-state index is 9.99. The average Bonchev–Trinajstić information content (AvgIpc) is 2.20. The Morgan fingerprint density at radius 3 is 2.25 bits per heavy atom. The van der Waals surface area contributed by atoms with E-state index in [1.54, 1.807) is 0 Å². The van der Waals surface area contributed by atoms with Crippen molar-refractivity contribution in [3.63, 3.8) is 0 Å². The Labute approximate surface area is 106 Å². The molecule has 0 aromatic heterocycles. The number of rotatable bonds is 7. The van der Waals surface area contributed by atoms with Crippen LogP contribution in [0.5, 0.6) is 0 Å². The molecule has 2 nitrogen and oxygen atoms in total. The van der Waals surface area contributed by atoms with Crippen LogP contribution in [0.2, 0.25) is 0 Å². The first-order valence-electron chi connectivity index (χ1n) is 6.20. The van der Waals surface area contributed by atoms with Gasteiger partial charge in [-0.2, -0.15) is 11.8 Å². The molecule has 0 aromatic rings. The van der Waals surface area contributed by atoms with Crippen LogP contribution in [0.4, 0.5) is 0 Å². The third-order valence-corrected chi connectivity index (χ3v) is 3.93. The second-order valence-electron chi connectivity index (χ2n) is 5.67. The predicted molar refractivity (Wildman–Crippen MR) is 75.2 cm³/mol. The highest BCUT2D eigenvalue weighted by Crippen LogP contribution is 2.22. The summed E-state index contributed by atoms with van der Waals surface area (Å²) in [5.41, 5.74) is 0.00204. The molecule has 2 atom stereocenters. The van der Waals surface area contributed by atoms with Crippen LogP contribution in [-0.2, 0) is 0 Å². The molecule has 0 aromatic carbocycles. The van der Waals surface area contributed by atoms with E-state index in [2.05, 4.69) is 45.9 Å². The van der Waals surface area contributed by atoms with E-state index in [1.807, 2.05) is 11.8 Å². The highest BCUT2D eigenvalue weighted by molar-refractivity contribution is 7.98. The van der Waals surface area contributed by atoms with Gasteiger partial charge >= 0.3 is 0 Å². The summed E-state index contributed by atoms with van der Waals surface area (Å²) in [7, 11) is 2.17. The van der Waals surface area contributed by atoms with Crippen molar-refractivity contribution in [3.05, 3.63) is 0 Å². The zero-order valence-corrected chi connectivity index (χ0v) is 12.6. The quantitative estimate of drug-likeness (QED) is 0.748. The van der Waals surface area contributed by atoms with Crippen molar-refractivity contribution in [2.24, 2.45) is 5.41 Å². The van der Waals surface area contributed by atoms with E-state index in [-0.39, 0.29) is 11.5 Å². The van der Waals surface area contributed by atoms with E-state index < -0.39 is 0 Å². The molecule has 0 aliphatic rings. The summed E-state index contributed by atoms with van der Waals surface area (Å²) >= 11 is 1.90. The average molecular weight is 247 g/mol. The van der Waals surface area contributed by atoms with Gasteiger partial charge in [-0.05, 0) is 31.6 Å². The molecule has 0 aliphatic heterocycles. The van der Waals surface area contributed by atoms with Crippen LogP contribution in [0, 0.1) is 5.41 Å². The fraction of sp³-hybridized carbons (Fsp3) is 1.00. The monoisotopic (exact) mass is 247 g/mol. The first-order valence-corrected chi connectivity index (χ1v) is 7.59. The third-order valence-electron chi connectivity index (χ3n) is 3.21. The number of aliphatic hydroxyl groups is 1. The molecular formula is C13H29NOS. The Morgan fingerprint density at radius 1 is 1.31 bits per heavy atom. The van der Waals surface area contributed by atoms with E-state index in [0.717, 1.165) is 13.0 Å². The number of thioether (sulfide) groups is 1. The van der Waals surface area contributed by atoms with Gasteiger partial charge in [-0.1, -0.05) is 27.7 Å². The highest BCUT2D eigenvalue weighted by Gasteiger charge is 2.23. The number of hydrogen-bond donors (Lipinski definition) is 1. The number of aliphatic hydroxyl groups excluding tert-OH is 1. The van der Waals surface area contributed by atoms with Crippen LogP contribution in [0.3, 0.4) is 0 Å². The second-order valence-corrected chi connectivity index (χ2v) is 6.58. The van der Waals surface area contributed by atoms with Crippen LogP contribution < -0.4 is 0 Å². The Morgan fingerprint density at radius 2 is 1.88 bits per heavy atom. The lowest BCUT2D eigenvalue weighted by atomic mass is 9.87. The summed E-state index contributed by atoms with van der Waals surface area (Å²) in [5.74, 6) is 1.18. The summed E-state index contributed by atoms with van der Waals surface area (Å²) in [6.45, 7) is 9.50. The summed E-state index contributed by atoms with van der Waals surface area (Å²) < 4.78 is 0. The second kappa shape index (κ2) is 7.57. The van der Waals surface area contributed by atoms with Gasteiger partial charge in [0.1, 0.15) is 0 Å². The van der Waals surface area contributed by atoms with Gasteiger partial charge in [-0.3, -0.25) is 0 Å². The Bertz CT molecular complexity index is 179. The normalized spacial score (nSPS) is 16.5. The van der Waals surface area contributed by atoms with Crippen molar-refractivity contribution < 1.29 is 5.11 Å². The summed E-state index contributed by atoms with van der Waals surface area (Å²) in [6.07, 6.45) is 4.00. The molecule has 0 saturated heterocycles. The predicted octanol–water partition coefficient (Wildman–Crippen LogP) is 2.86. The molecule has 1 N–H and O–H groups in total. The lowest BCUT2D eigenvalue weighted by molar-refractivity contribution is 0.0448. The minimum Gasteiger partial charge on any atom is -0.393 e. The molecule has 0 rings (SSSR count). The van der Waals surface area contributed by atoms with Gasteiger partial charge < -0.3 is 10.0 Å². The van der Waals surface area contributed by atoms with E-state index in [4.69, 9.17) is 0 Å². The van der Waals surface area contributed by atoms with Crippen molar-refractivity contribution >= 4 is 11.8 Å². The van der Waals surface area contributed by atoms with Crippen molar-refractivity contribution in [3.8, 4) is 0 Å². The largest absolute Gasteiger partial charge is 0.393 e. The van der Waals surface area contributed by atoms with Crippen LogP contribution in [-0.4, -0.2) is 47.8 Å². The van der Waals surface area contributed by atoms with Crippen LogP contribution in [0.1, 0.15) is 40.5 Å². The lowest BCUT2D eigenvalue weighted by Gasteiger charge is -2.31. The first kappa shape index (κ1) is 16.3. The minimum absolute atomic E-state index is 0.00204. The molecule has 2 unspecified atom stereocenters. The molecule has 0 bridgehead atoms. The van der Waals surface area contributed by atoms with Gasteiger partial charge in [-0.15, -0.1) is 0 Å². The van der Waals surface area contributed by atoms with Gasteiger partial charge in [0.25, 0.3) is 0 Å². The van der Waals surface area contributed by atoms with Gasteiger partial charge in [0.15, 0.2) is 0 Å². The molecule has 3 heteroatoms. The fourth-order valence-electron chi connectivity index (χ4n) is 1.69. The van der Waals surface area contributed by atoms with Crippen LogP contribution in [0.25, 0.3) is 0 Å². The van der Waals surface area contributed by atoms with E-state index in [1.165, 1.54) is 12.2 Å². The Kier molecular flexibility index (Phi) is 7.70. The standard InChI is InChI=1S/C13H29NOS/c1-7-11(10-16-6)14(5)9-8-12(15)13(2,3)4/h11-12,15H,7-10H2,1-6H3. The fourth-order valence-corrected chi connectivity index (χ4v) is 2.57. The van der Waals surface area contributed by atoms with Crippen molar-refractivity contribution in [1.82, 2.24) is 4.90 Å². The van der Waals surface area contributed by atoms with Gasteiger partial charge in [0.05, 0.1) is 6.10 Å². The van der Waals surface area contributed by atoms with Crippen molar-refractivity contribution in [1.29, 1.82) is 0 Å². The van der Waals surface area contributed by atoms with E-state index in [0.29, 0.717) is 6.04 Å². The molecule has 0 amide bonds. The van der Waals surface area contributed by atoms with Crippen LogP contribution in [0.15, 0.2) is 0 Å². The molecule has 0 spiro atoms. The van der Waals surface area contributed by atoms with Crippen molar-refractivity contribution in [2.75, 3.05) is 25.6 Å². The molecule has 0 aliphatic carbocycles. The smallest absolute Gasteiger partial charge is 0.0600 e. The molecule has 0 saturated carbocycles. The maximum Gasteiger partial charge on any atom is 0.0600 e. The molecule has 16 heavy (non-hydrogen) atoms. The minimum atomic E-state index is -0.207. The lowest BCUT2D eigenvalue weighted by Crippen LogP contribution is -2.37. The zero-order chi connectivity index (χ0) is 12.8. The molecule has 98 valence electrons. The molecule has 0 radical (unpaired) electrons. The highest BCUT2D eigenvalue weighted by atomic mass is 32.2. The Hall–Kier alpha value is 0.270. The first-order chi connectivity index (χ1) is 7.32. The van der Waals surface area contributed by atoms with Gasteiger partial charge in [-0.25, -0.2) is 0 Å². The summed E-state index contributed by atoms with van der Waals surface area (Å²) in [5, 5.41) is 9.99. The van der Waals surface area contributed by atoms with Gasteiger partial charge in [0.2, 0.25) is 0 Å². The van der Waals surface area contributed by atoms with Crippen LogP contribution >= 0.6 is 11.8 Å². The third kappa shape index (κ3) is 6.12. The van der Waals surface area contributed by atoms with E-state index >= 15 is 0 Å². The van der Waals surface area contributed by atoms with E-state index in [9.17, 15) is 5.11 Å². The molecule has 0 fully saturated rings. The maximum atomic E-state index is 9.99. The van der Waals surface area contributed by atoms with Gasteiger partial charge in [0, 0.05) is 18.3 Å². The van der Waals surface area contributed by atoms with Crippen molar-refractivity contribution in [2.45, 2.75) is 52.7 Å².